The molecule has 1 amide bonds. The highest BCUT2D eigenvalue weighted by Gasteiger charge is 2.30. The van der Waals surface area contributed by atoms with Gasteiger partial charge in [0, 0.05) is 43.6 Å². The summed E-state index contributed by atoms with van der Waals surface area (Å²) in [6.07, 6.45) is 2.31. The molecule has 1 N–H and O–H groups in total. The van der Waals surface area contributed by atoms with Crippen molar-refractivity contribution in [1.82, 2.24) is 15.4 Å². The van der Waals surface area contributed by atoms with Crippen molar-refractivity contribution in [3.63, 3.8) is 0 Å². The Bertz CT molecular complexity index is 459. The second-order valence-corrected chi connectivity index (χ2v) is 6.01. The van der Waals surface area contributed by atoms with Gasteiger partial charge in [-0.3, -0.25) is 4.79 Å². The molecule has 1 aromatic heterocycles. The van der Waals surface area contributed by atoms with Crippen LogP contribution in [0.3, 0.4) is 0 Å². The first-order valence-corrected chi connectivity index (χ1v) is 7.12. The number of carbonyl (C=O) groups is 1. The smallest absolute Gasteiger partial charge is 0.273 e. The molecule has 0 atom stereocenters. The average molecular weight is 263 g/mol. The maximum absolute atomic E-state index is 11.9. The van der Waals surface area contributed by atoms with Gasteiger partial charge in [-0.25, -0.2) is 0 Å². The minimum Gasteiger partial charge on any atom is -0.360 e. The summed E-state index contributed by atoms with van der Waals surface area (Å²) in [5, 5.41) is 6.79. The van der Waals surface area contributed by atoms with Crippen LogP contribution in [0.15, 0.2) is 10.6 Å². The third-order valence-electron chi connectivity index (χ3n) is 4.01. The van der Waals surface area contributed by atoms with Crippen molar-refractivity contribution in [2.45, 2.75) is 38.6 Å². The normalized spacial score (nSPS) is 20.6. The van der Waals surface area contributed by atoms with Gasteiger partial charge in [0.15, 0.2) is 5.69 Å². The monoisotopic (exact) mass is 263 g/mol. The molecule has 2 aliphatic rings. The van der Waals surface area contributed by atoms with Crippen molar-refractivity contribution >= 4 is 5.91 Å². The first-order chi connectivity index (χ1) is 9.13. The number of nitrogens with zero attached hydrogens (tertiary/aromatic N) is 2. The van der Waals surface area contributed by atoms with Crippen LogP contribution in [-0.2, 0) is 0 Å². The maximum Gasteiger partial charge on any atom is 0.273 e. The molecule has 5 heteroatoms. The van der Waals surface area contributed by atoms with Crippen LogP contribution in [0, 0.1) is 5.92 Å². The molecule has 104 valence electrons. The van der Waals surface area contributed by atoms with Crippen LogP contribution in [0.4, 0.5) is 0 Å². The number of amides is 1. The molecule has 2 fully saturated rings. The molecule has 0 spiro atoms. The van der Waals surface area contributed by atoms with Gasteiger partial charge in [-0.05, 0) is 26.7 Å². The van der Waals surface area contributed by atoms with Gasteiger partial charge in [0.2, 0.25) is 0 Å². The van der Waals surface area contributed by atoms with Crippen molar-refractivity contribution in [2.24, 2.45) is 5.92 Å². The highest BCUT2D eigenvalue weighted by atomic mass is 16.5. The fraction of sp³-hybridized carbons (Fsp3) is 0.714. The predicted octanol–water partition coefficient (Wildman–Crippen LogP) is 1.62. The number of nitrogens with one attached hydrogen (secondary N) is 1. The first-order valence-electron chi connectivity index (χ1n) is 7.12. The van der Waals surface area contributed by atoms with Crippen LogP contribution in [0.2, 0.25) is 0 Å². The molecule has 2 heterocycles. The van der Waals surface area contributed by atoms with Gasteiger partial charge in [-0.2, -0.15) is 0 Å². The first kappa shape index (κ1) is 12.7. The van der Waals surface area contributed by atoms with Gasteiger partial charge in [0.25, 0.3) is 5.91 Å². The van der Waals surface area contributed by atoms with E-state index in [9.17, 15) is 4.79 Å². The Morgan fingerprint density at radius 1 is 1.53 bits per heavy atom. The number of likely N-dealkylation sites (tertiary alicyclic amines) is 1. The van der Waals surface area contributed by atoms with Crippen LogP contribution < -0.4 is 5.32 Å². The van der Waals surface area contributed by atoms with E-state index in [0.717, 1.165) is 38.2 Å². The van der Waals surface area contributed by atoms with Crippen molar-refractivity contribution < 1.29 is 9.32 Å². The number of carbonyl (C=O) groups excluding carboxylic acids is 1. The summed E-state index contributed by atoms with van der Waals surface area (Å²) in [4.78, 5) is 14.3. The lowest BCUT2D eigenvalue weighted by atomic mass is 9.98. The topological polar surface area (TPSA) is 58.4 Å². The molecule has 0 radical (unpaired) electrons. The summed E-state index contributed by atoms with van der Waals surface area (Å²) in [5.41, 5.74) is 0.418. The van der Waals surface area contributed by atoms with Gasteiger partial charge in [0.05, 0.1) is 0 Å². The summed E-state index contributed by atoms with van der Waals surface area (Å²) < 4.78 is 5.19. The number of hydrogen-bond acceptors (Lipinski definition) is 4. The second kappa shape index (κ2) is 4.96. The van der Waals surface area contributed by atoms with Crippen molar-refractivity contribution in [3.05, 3.63) is 17.5 Å². The molecule has 0 unspecified atom stereocenters. The molecular weight excluding hydrogens is 242 g/mol. The molecule has 3 rings (SSSR count). The highest BCUT2D eigenvalue weighted by Crippen LogP contribution is 2.40. The van der Waals surface area contributed by atoms with Gasteiger partial charge >= 0.3 is 0 Å². The van der Waals surface area contributed by atoms with Crippen LogP contribution in [0.1, 0.15) is 48.9 Å². The zero-order valence-electron chi connectivity index (χ0n) is 11.6. The minimum atomic E-state index is -0.112. The minimum absolute atomic E-state index is 0.112. The van der Waals surface area contributed by atoms with Crippen molar-refractivity contribution in [3.8, 4) is 0 Å². The fourth-order valence-electron chi connectivity index (χ4n) is 2.44. The van der Waals surface area contributed by atoms with E-state index in [1.54, 1.807) is 6.07 Å². The molecule has 1 aliphatic heterocycles. The summed E-state index contributed by atoms with van der Waals surface area (Å²) in [6, 6.07) is 2.39. The molecule has 5 nitrogen and oxygen atoms in total. The van der Waals surface area contributed by atoms with E-state index in [1.807, 2.05) is 0 Å². The molecule has 0 bridgehead atoms. The Labute approximate surface area is 113 Å². The summed E-state index contributed by atoms with van der Waals surface area (Å²) >= 11 is 0. The molecular formula is C14H21N3O2. The summed E-state index contributed by atoms with van der Waals surface area (Å²) in [7, 11) is 0. The van der Waals surface area contributed by atoms with E-state index in [0.29, 0.717) is 23.6 Å². The van der Waals surface area contributed by atoms with Crippen LogP contribution in [-0.4, -0.2) is 41.6 Å². The number of aromatic nitrogens is 1. The van der Waals surface area contributed by atoms with Gasteiger partial charge in [-0.15, -0.1) is 0 Å². The van der Waals surface area contributed by atoms with E-state index in [4.69, 9.17) is 4.52 Å². The SMILES string of the molecule is CC(C)N1CC(CNC(=O)c2cc(C3CC3)on2)C1. The fourth-order valence-corrected chi connectivity index (χ4v) is 2.44. The lowest BCUT2D eigenvalue weighted by Gasteiger charge is -2.42. The highest BCUT2D eigenvalue weighted by molar-refractivity contribution is 5.92. The molecule has 1 aliphatic carbocycles. The third-order valence-corrected chi connectivity index (χ3v) is 4.01. The number of rotatable bonds is 5. The largest absolute Gasteiger partial charge is 0.360 e. The van der Waals surface area contributed by atoms with E-state index in [2.05, 4.69) is 29.2 Å². The Hall–Kier alpha value is -1.36. The van der Waals surface area contributed by atoms with E-state index >= 15 is 0 Å². The molecule has 0 aromatic carbocycles. The summed E-state index contributed by atoms with van der Waals surface area (Å²) in [5.74, 6) is 1.82. The quantitative estimate of drug-likeness (QED) is 0.877. The molecule has 1 saturated heterocycles. The Morgan fingerprint density at radius 3 is 2.89 bits per heavy atom. The summed E-state index contributed by atoms with van der Waals surface area (Å²) in [6.45, 7) is 7.27. The molecule has 19 heavy (non-hydrogen) atoms. The Kier molecular flexibility index (Phi) is 3.31. The van der Waals surface area contributed by atoms with Gasteiger partial charge in [-0.1, -0.05) is 5.16 Å². The second-order valence-electron chi connectivity index (χ2n) is 6.01. The predicted molar refractivity (Wildman–Crippen MR) is 71.0 cm³/mol. The standard InChI is InChI=1S/C14H21N3O2/c1-9(2)17-7-10(8-17)6-15-14(18)12-5-13(19-16-12)11-3-4-11/h5,9-11H,3-4,6-8H2,1-2H3,(H,15,18). The van der Waals surface area contributed by atoms with Crippen LogP contribution in [0.5, 0.6) is 0 Å². The van der Waals surface area contributed by atoms with Gasteiger partial charge < -0.3 is 14.7 Å². The zero-order chi connectivity index (χ0) is 13.4. The molecule has 1 aromatic rings. The van der Waals surface area contributed by atoms with E-state index in [-0.39, 0.29) is 5.91 Å². The van der Waals surface area contributed by atoms with E-state index in [1.165, 1.54) is 0 Å². The zero-order valence-corrected chi connectivity index (χ0v) is 11.6. The van der Waals surface area contributed by atoms with E-state index < -0.39 is 0 Å². The van der Waals surface area contributed by atoms with Gasteiger partial charge in [0.1, 0.15) is 5.76 Å². The van der Waals surface area contributed by atoms with Crippen molar-refractivity contribution in [2.75, 3.05) is 19.6 Å². The lowest BCUT2D eigenvalue weighted by Crippen LogP contribution is -2.53. The third kappa shape index (κ3) is 2.81. The number of hydrogen-bond donors (Lipinski definition) is 1. The Morgan fingerprint density at radius 2 is 2.26 bits per heavy atom. The Balaban J connectivity index is 1.43. The van der Waals surface area contributed by atoms with Crippen LogP contribution in [0.25, 0.3) is 0 Å². The van der Waals surface area contributed by atoms with Crippen molar-refractivity contribution in [1.29, 1.82) is 0 Å². The maximum atomic E-state index is 11.9. The molecule has 1 saturated carbocycles. The average Bonchev–Trinajstić information content (AvgIpc) is 3.04. The lowest BCUT2D eigenvalue weighted by molar-refractivity contribution is 0.0638. The van der Waals surface area contributed by atoms with Crippen LogP contribution >= 0.6 is 0 Å².